The van der Waals surface area contributed by atoms with Gasteiger partial charge in [-0.1, -0.05) is 6.92 Å². The lowest BCUT2D eigenvalue weighted by Gasteiger charge is -2.39. The third kappa shape index (κ3) is 1.98. The Hall–Kier alpha value is -1.06. The van der Waals surface area contributed by atoms with E-state index < -0.39 is 0 Å². The molecular weight excluding hydrogens is 192 g/mol. The summed E-state index contributed by atoms with van der Waals surface area (Å²) in [6.07, 6.45) is 4.02. The van der Waals surface area contributed by atoms with Crippen LogP contribution in [0.5, 0.6) is 0 Å². The smallest absolute Gasteiger partial charge is 0.222 e. The zero-order valence-corrected chi connectivity index (χ0v) is 9.21. The topological polar surface area (TPSA) is 49.4 Å². The van der Waals surface area contributed by atoms with Crippen molar-refractivity contribution >= 4 is 11.8 Å². The van der Waals surface area contributed by atoms with Crippen molar-refractivity contribution in [2.45, 2.75) is 44.6 Å². The van der Waals surface area contributed by atoms with Gasteiger partial charge in [0.15, 0.2) is 0 Å². The summed E-state index contributed by atoms with van der Waals surface area (Å²) in [4.78, 5) is 24.6. The van der Waals surface area contributed by atoms with Gasteiger partial charge in [-0.2, -0.15) is 0 Å². The molecule has 0 aromatic heterocycles. The molecule has 4 heteroatoms. The predicted molar refractivity (Wildman–Crippen MR) is 56.2 cm³/mol. The molecule has 2 fully saturated rings. The summed E-state index contributed by atoms with van der Waals surface area (Å²) >= 11 is 0. The minimum Gasteiger partial charge on any atom is -0.351 e. The number of nitrogens with zero attached hydrogens (tertiary/aromatic N) is 1. The minimum absolute atomic E-state index is 0.0155. The monoisotopic (exact) mass is 210 g/mol. The van der Waals surface area contributed by atoms with Gasteiger partial charge in [-0.25, -0.2) is 0 Å². The van der Waals surface area contributed by atoms with Crippen LogP contribution in [0.4, 0.5) is 0 Å². The van der Waals surface area contributed by atoms with E-state index >= 15 is 0 Å². The van der Waals surface area contributed by atoms with Gasteiger partial charge in [-0.3, -0.25) is 9.59 Å². The largest absolute Gasteiger partial charge is 0.351 e. The van der Waals surface area contributed by atoms with Crippen molar-refractivity contribution in [3.63, 3.8) is 0 Å². The lowest BCUT2D eigenvalue weighted by molar-refractivity contribution is -0.132. The van der Waals surface area contributed by atoms with Gasteiger partial charge < -0.3 is 10.2 Å². The van der Waals surface area contributed by atoms with Gasteiger partial charge in [0.1, 0.15) is 0 Å². The summed E-state index contributed by atoms with van der Waals surface area (Å²) in [5, 5.41) is 3.07. The highest BCUT2D eigenvalue weighted by atomic mass is 16.2. The first kappa shape index (κ1) is 10.5. The van der Waals surface area contributed by atoms with E-state index in [0.717, 1.165) is 32.4 Å². The number of hydrogen-bond donors (Lipinski definition) is 1. The molecule has 1 spiro atoms. The van der Waals surface area contributed by atoms with Crippen molar-refractivity contribution < 1.29 is 9.59 Å². The van der Waals surface area contributed by atoms with Crippen LogP contribution in [0.25, 0.3) is 0 Å². The number of likely N-dealkylation sites (tertiary alicyclic amines) is 1. The van der Waals surface area contributed by atoms with E-state index in [0.29, 0.717) is 12.8 Å². The minimum atomic E-state index is 0.0155. The Bertz CT molecular complexity index is 280. The molecule has 2 heterocycles. The van der Waals surface area contributed by atoms with Crippen LogP contribution in [0.15, 0.2) is 0 Å². The van der Waals surface area contributed by atoms with Gasteiger partial charge >= 0.3 is 0 Å². The van der Waals surface area contributed by atoms with Gasteiger partial charge in [-0.05, 0) is 19.3 Å². The van der Waals surface area contributed by atoms with Crippen LogP contribution in [-0.4, -0.2) is 35.3 Å². The Labute approximate surface area is 90.0 Å². The molecule has 0 unspecified atom stereocenters. The Morgan fingerprint density at radius 3 is 2.53 bits per heavy atom. The van der Waals surface area contributed by atoms with Gasteiger partial charge in [-0.15, -0.1) is 0 Å². The van der Waals surface area contributed by atoms with E-state index in [-0.39, 0.29) is 17.4 Å². The summed E-state index contributed by atoms with van der Waals surface area (Å²) in [5.74, 6) is 0.402. The van der Waals surface area contributed by atoms with Crippen molar-refractivity contribution in [1.29, 1.82) is 0 Å². The number of hydrogen-bond acceptors (Lipinski definition) is 2. The van der Waals surface area contributed by atoms with Crippen LogP contribution in [0.2, 0.25) is 0 Å². The molecule has 84 valence electrons. The highest BCUT2D eigenvalue weighted by molar-refractivity contribution is 5.80. The molecule has 0 aromatic rings. The molecule has 15 heavy (non-hydrogen) atoms. The van der Waals surface area contributed by atoms with Crippen molar-refractivity contribution in [2.24, 2.45) is 0 Å². The van der Waals surface area contributed by atoms with Crippen LogP contribution in [-0.2, 0) is 9.59 Å². The standard InChI is InChI=1S/C11H18N2O2/c1-2-10(15)13-7-5-11(6-8-13)4-3-9(14)12-11/h2-8H2,1H3,(H,12,14). The lowest BCUT2D eigenvalue weighted by atomic mass is 9.86. The highest BCUT2D eigenvalue weighted by Gasteiger charge is 2.40. The maximum atomic E-state index is 11.5. The molecule has 2 amide bonds. The highest BCUT2D eigenvalue weighted by Crippen LogP contribution is 2.31. The first-order chi connectivity index (χ1) is 7.15. The van der Waals surface area contributed by atoms with Gasteiger partial charge in [0.2, 0.25) is 11.8 Å². The number of carbonyl (C=O) groups is 2. The first-order valence-electron chi connectivity index (χ1n) is 5.74. The van der Waals surface area contributed by atoms with Crippen LogP contribution < -0.4 is 5.32 Å². The zero-order valence-electron chi connectivity index (χ0n) is 9.21. The summed E-state index contributed by atoms with van der Waals surface area (Å²) in [6.45, 7) is 3.49. The summed E-state index contributed by atoms with van der Waals surface area (Å²) in [6, 6.07) is 0. The second-order valence-corrected chi connectivity index (χ2v) is 4.56. The summed E-state index contributed by atoms with van der Waals surface area (Å²) < 4.78 is 0. The van der Waals surface area contributed by atoms with E-state index in [1.807, 2.05) is 11.8 Å². The van der Waals surface area contributed by atoms with Crippen LogP contribution in [0, 0.1) is 0 Å². The van der Waals surface area contributed by atoms with E-state index in [4.69, 9.17) is 0 Å². The second-order valence-electron chi connectivity index (χ2n) is 4.56. The fraction of sp³-hybridized carbons (Fsp3) is 0.818. The average molecular weight is 210 g/mol. The average Bonchev–Trinajstić information content (AvgIpc) is 2.60. The molecule has 4 nitrogen and oxygen atoms in total. The van der Waals surface area contributed by atoms with E-state index in [9.17, 15) is 9.59 Å². The third-order valence-corrected chi connectivity index (χ3v) is 3.61. The quantitative estimate of drug-likeness (QED) is 0.691. The molecule has 0 aromatic carbocycles. The van der Waals surface area contributed by atoms with E-state index in [1.54, 1.807) is 0 Å². The second kappa shape index (κ2) is 3.83. The van der Waals surface area contributed by atoms with Crippen molar-refractivity contribution in [1.82, 2.24) is 10.2 Å². The Morgan fingerprint density at radius 2 is 2.07 bits per heavy atom. The molecule has 0 radical (unpaired) electrons. The number of piperidine rings is 1. The van der Waals surface area contributed by atoms with Gasteiger partial charge in [0.05, 0.1) is 0 Å². The fourth-order valence-corrected chi connectivity index (χ4v) is 2.56. The van der Waals surface area contributed by atoms with Gasteiger partial charge in [0.25, 0.3) is 0 Å². The first-order valence-corrected chi connectivity index (χ1v) is 5.74. The maximum Gasteiger partial charge on any atom is 0.222 e. The molecule has 2 aliphatic rings. The normalized spacial score (nSPS) is 24.3. The van der Waals surface area contributed by atoms with Crippen molar-refractivity contribution in [2.75, 3.05) is 13.1 Å². The lowest BCUT2D eigenvalue weighted by Crippen LogP contribution is -2.52. The Morgan fingerprint density at radius 1 is 1.40 bits per heavy atom. The number of carbonyl (C=O) groups excluding carboxylic acids is 2. The molecule has 1 N–H and O–H groups in total. The summed E-state index contributed by atoms with van der Waals surface area (Å²) in [7, 11) is 0. The van der Waals surface area contributed by atoms with Crippen molar-refractivity contribution in [3.8, 4) is 0 Å². The molecular formula is C11H18N2O2. The molecule has 2 rings (SSSR count). The van der Waals surface area contributed by atoms with Crippen LogP contribution in [0.3, 0.4) is 0 Å². The van der Waals surface area contributed by atoms with E-state index in [2.05, 4.69) is 5.32 Å². The van der Waals surface area contributed by atoms with E-state index in [1.165, 1.54) is 0 Å². The number of amides is 2. The van der Waals surface area contributed by atoms with Crippen LogP contribution in [0.1, 0.15) is 39.0 Å². The number of nitrogens with one attached hydrogen (secondary N) is 1. The van der Waals surface area contributed by atoms with Crippen LogP contribution >= 0.6 is 0 Å². The van der Waals surface area contributed by atoms with Gasteiger partial charge in [0, 0.05) is 31.5 Å². The fourth-order valence-electron chi connectivity index (χ4n) is 2.56. The molecule has 2 saturated heterocycles. The molecule has 0 atom stereocenters. The molecule has 0 bridgehead atoms. The molecule has 2 aliphatic heterocycles. The molecule has 0 saturated carbocycles. The molecule has 0 aliphatic carbocycles. The predicted octanol–water partition coefficient (Wildman–Crippen LogP) is 0.668. The van der Waals surface area contributed by atoms with Crippen molar-refractivity contribution in [3.05, 3.63) is 0 Å². The Balaban J connectivity index is 1.92. The Kier molecular flexibility index (Phi) is 2.67. The maximum absolute atomic E-state index is 11.5. The SMILES string of the molecule is CCC(=O)N1CCC2(CCC(=O)N2)CC1. The number of rotatable bonds is 1. The zero-order chi connectivity index (χ0) is 10.9. The summed E-state index contributed by atoms with van der Waals surface area (Å²) in [5.41, 5.74) is 0.0155. The third-order valence-electron chi connectivity index (χ3n) is 3.61.